The molecule has 0 saturated heterocycles. The number of para-hydroxylation sites is 1. The maximum absolute atomic E-state index is 5.74. The molecular weight excluding hydrogens is 215 g/mol. The molecule has 0 aromatic heterocycles. The maximum Gasteiger partial charge on any atom is 0.332 e. The second kappa shape index (κ2) is 4.24. The van der Waals surface area contributed by atoms with Gasteiger partial charge in [0.1, 0.15) is 5.75 Å². The van der Waals surface area contributed by atoms with E-state index in [1.807, 2.05) is 18.2 Å². The molecule has 0 spiro atoms. The van der Waals surface area contributed by atoms with Gasteiger partial charge in [0.2, 0.25) is 0 Å². The highest BCUT2D eigenvalue weighted by molar-refractivity contribution is 8.22. The minimum Gasteiger partial charge on any atom is -0.433 e. The van der Waals surface area contributed by atoms with Gasteiger partial charge in [-0.15, -0.1) is 0 Å². The zero-order valence-corrected chi connectivity index (χ0v) is 8.90. The molecule has 5 heteroatoms. The van der Waals surface area contributed by atoms with Crippen molar-refractivity contribution in [2.75, 3.05) is 7.11 Å². The van der Waals surface area contributed by atoms with Gasteiger partial charge >= 0.3 is 5.84 Å². The van der Waals surface area contributed by atoms with E-state index in [2.05, 4.69) is 0 Å². The fourth-order valence-corrected chi connectivity index (χ4v) is 1.59. The third kappa shape index (κ3) is 3.11. The smallest absolute Gasteiger partial charge is 0.332 e. The first kappa shape index (κ1) is 10.0. The summed E-state index contributed by atoms with van der Waals surface area (Å²) in [4.78, 5) is 0. The lowest BCUT2D eigenvalue weighted by atomic mass is 10.3. The quantitative estimate of drug-likeness (QED) is 0.732. The Hall–Kier alpha value is -0.0800. The van der Waals surface area contributed by atoms with Crippen LogP contribution in [0.3, 0.4) is 0 Å². The van der Waals surface area contributed by atoms with Crippen LogP contribution in [0.1, 0.15) is 0 Å². The van der Waals surface area contributed by atoms with Gasteiger partial charge in [0.15, 0.2) is 0 Å². The largest absolute Gasteiger partial charge is 0.433 e. The lowest BCUT2D eigenvalue weighted by molar-refractivity contribution is 0.407. The number of hydrogen-bond donors (Lipinski definition) is 0. The summed E-state index contributed by atoms with van der Waals surface area (Å²) in [6, 6.07) is 9.14. The van der Waals surface area contributed by atoms with E-state index in [4.69, 9.17) is 32.1 Å². The molecule has 0 radical (unpaired) electrons. The van der Waals surface area contributed by atoms with Crippen LogP contribution in [0.2, 0.25) is 0 Å². The van der Waals surface area contributed by atoms with Crippen LogP contribution in [0.15, 0.2) is 30.3 Å². The van der Waals surface area contributed by atoms with Crippen LogP contribution < -0.4 is 4.52 Å². The number of rotatable bonds is 3. The molecule has 0 heterocycles. The van der Waals surface area contributed by atoms with Gasteiger partial charge in [-0.2, -0.15) is 0 Å². The first-order chi connectivity index (χ1) is 5.64. The summed E-state index contributed by atoms with van der Waals surface area (Å²) in [5.41, 5.74) is 0. The third-order valence-corrected chi connectivity index (χ3v) is 3.33. The molecule has 0 bridgehead atoms. The van der Waals surface area contributed by atoms with E-state index >= 15 is 0 Å². The molecule has 0 aliphatic carbocycles. The molecule has 1 atom stereocenters. The molecule has 0 saturated carbocycles. The summed E-state index contributed by atoms with van der Waals surface area (Å²) in [5.74, 6) is -1.95. The third-order valence-electron chi connectivity index (χ3n) is 1.18. The van der Waals surface area contributed by atoms with Gasteiger partial charge in [-0.05, 0) is 35.2 Å². The van der Waals surface area contributed by atoms with Crippen molar-refractivity contribution < 1.29 is 9.05 Å². The Morgan fingerprint density at radius 1 is 1.33 bits per heavy atom. The Bertz CT molecular complexity index is 291. The molecule has 12 heavy (non-hydrogen) atoms. The van der Waals surface area contributed by atoms with Crippen molar-refractivity contribution in [2.45, 2.75) is 0 Å². The molecule has 0 aliphatic heterocycles. The van der Waals surface area contributed by atoms with Gasteiger partial charge in [0.25, 0.3) is 0 Å². The Labute approximate surface area is 81.4 Å². The Morgan fingerprint density at radius 3 is 2.42 bits per heavy atom. The van der Waals surface area contributed by atoms with E-state index < -0.39 is 5.84 Å². The van der Waals surface area contributed by atoms with E-state index in [1.54, 1.807) is 12.1 Å². The molecule has 2 nitrogen and oxygen atoms in total. The van der Waals surface area contributed by atoms with E-state index in [0.717, 1.165) is 0 Å². The first-order valence-electron chi connectivity index (χ1n) is 3.24. The van der Waals surface area contributed by atoms with E-state index in [0.29, 0.717) is 5.75 Å². The van der Waals surface area contributed by atoms with Gasteiger partial charge in [0, 0.05) is 7.11 Å². The van der Waals surface area contributed by atoms with Gasteiger partial charge in [0.05, 0.1) is 0 Å². The fraction of sp³-hybridized carbons (Fsp3) is 0.143. The predicted octanol–water partition coefficient (Wildman–Crippen LogP) is 3.18. The summed E-state index contributed by atoms with van der Waals surface area (Å²) in [6.07, 6.45) is 0. The second-order valence-corrected chi connectivity index (χ2v) is 6.81. The average Bonchev–Trinajstić information content (AvgIpc) is 2.06. The minimum absolute atomic E-state index is 0.637. The number of hydrogen-bond acceptors (Lipinski definition) is 3. The SMILES string of the molecule is COP(=S)(Cl)Oc1ccccc1. The Balaban J connectivity index is 2.71. The van der Waals surface area contributed by atoms with E-state index in [-0.39, 0.29) is 0 Å². The number of benzene rings is 1. The lowest BCUT2D eigenvalue weighted by Crippen LogP contribution is -1.87. The van der Waals surface area contributed by atoms with Crippen LogP contribution >= 0.6 is 17.1 Å². The van der Waals surface area contributed by atoms with Crippen LogP contribution in [0.25, 0.3) is 0 Å². The predicted molar refractivity (Wildman–Crippen MR) is 54.2 cm³/mol. The van der Waals surface area contributed by atoms with Crippen LogP contribution in [-0.4, -0.2) is 7.11 Å². The number of halogens is 1. The highest BCUT2D eigenvalue weighted by Gasteiger charge is 2.13. The van der Waals surface area contributed by atoms with Crippen LogP contribution in [0, 0.1) is 0 Å². The van der Waals surface area contributed by atoms with Crippen LogP contribution in [0.5, 0.6) is 5.75 Å². The Kier molecular flexibility index (Phi) is 3.53. The molecular formula is C7H8ClO2PS. The van der Waals surface area contributed by atoms with Crippen LogP contribution in [-0.2, 0) is 16.3 Å². The zero-order valence-electron chi connectivity index (χ0n) is 6.44. The van der Waals surface area contributed by atoms with E-state index in [1.165, 1.54) is 7.11 Å². The highest BCUT2D eigenvalue weighted by Crippen LogP contribution is 2.52. The van der Waals surface area contributed by atoms with E-state index in [9.17, 15) is 0 Å². The monoisotopic (exact) mass is 222 g/mol. The molecule has 1 aromatic rings. The maximum atomic E-state index is 5.74. The summed E-state index contributed by atoms with van der Waals surface area (Å²) < 4.78 is 10.0. The summed E-state index contributed by atoms with van der Waals surface area (Å²) in [6.45, 7) is 0. The van der Waals surface area contributed by atoms with Crippen molar-refractivity contribution in [3.8, 4) is 5.75 Å². The molecule has 1 rings (SSSR count). The van der Waals surface area contributed by atoms with Gasteiger partial charge in [-0.1, -0.05) is 18.2 Å². The molecule has 0 amide bonds. The fourth-order valence-electron chi connectivity index (χ4n) is 0.645. The molecule has 66 valence electrons. The zero-order chi connectivity index (χ0) is 9.03. The summed E-state index contributed by atoms with van der Waals surface area (Å²) in [5, 5.41) is 0. The average molecular weight is 223 g/mol. The first-order valence-corrected chi connectivity index (χ1v) is 6.78. The van der Waals surface area contributed by atoms with Crippen molar-refractivity contribution in [3.63, 3.8) is 0 Å². The standard InChI is InChI=1S/C7H8ClO2PS/c1-9-11(8,12)10-7-5-3-2-4-6-7/h2-6H,1H3. The second-order valence-electron chi connectivity index (χ2n) is 2.02. The Morgan fingerprint density at radius 2 is 1.92 bits per heavy atom. The topological polar surface area (TPSA) is 18.5 Å². The molecule has 0 N–H and O–H groups in total. The summed E-state index contributed by atoms with van der Waals surface area (Å²) >= 11 is 10.6. The minimum atomic E-state index is -2.59. The molecule has 1 unspecified atom stereocenters. The van der Waals surface area contributed by atoms with Crippen LogP contribution in [0.4, 0.5) is 0 Å². The van der Waals surface area contributed by atoms with Crippen molar-refractivity contribution in [1.82, 2.24) is 0 Å². The summed E-state index contributed by atoms with van der Waals surface area (Å²) in [7, 11) is 1.44. The highest BCUT2D eigenvalue weighted by atomic mass is 35.7. The van der Waals surface area contributed by atoms with Crippen molar-refractivity contribution in [2.24, 2.45) is 0 Å². The molecule has 0 aliphatic rings. The van der Waals surface area contributed by atoms with Gasteiger partial charge in [-0.3, -0.25) is 0 Å². The van der Waals surface area contributed by atoms with Crippen molar-refractivity contribution in [1.29, 1.82) is 0 Å². The lowest BCUT2D eigenvalue weighted by Gasteiger charge is -2.12. The van der Waals surface area contributed by atoms with Crippen molar-refractivity contribution >= 4 is 28.9 Å². The van der Waals surface area contributed by atoms with Crippen molar-refractivity contribution in [3.05, 3.63) is 30.3 Å². The molecule has 0 fully saturated rings. The van der Waals surface area contributed by atoms with Gasteiger partial charge in [-0.25, -0.2) is 0 Å². The normalized spacial score (nSPS) is 15.2. The van der Waals surface area contributed by atoms with Gasteiger partial charge < -0.3 is 9.05 Å². The molecule has 1 aromatic carbocycles.